The Morgan fingerprint density at radius 3 is 2.71 bits per heavy atom. The maximum atomic E-state index is 13.3. The second-order valence-corrected chi connectivity index (χ2v) is 3.29. The second-order valence-electron chi connectivity index (χ2n) is 3.29. The van der Waals surface area contributed by atoms with Crippen LogP contribution in [0.15, 0.2) is 18.2 Å². The van der Waals surface area contributed by atoms with Gasteiger partial charge in [0.25, 0.3) is 0 Å². The molecule has 0 aliphatic rings. The molecule has 3 heteroatoms. The molecule has 0 amide bonds. The summed E-state index contributed by atoms with van der Waals surface area (Å²) in [6, 6.07) is 4.78. The topological polar surface area (TPSA) is 35.2 Å². The van der Waals surface area contributed by atoms with Gasteiger partial charge in [-0.1, -0.05) is 19.4 Å². The average molecular weight is 197 g/mol. The zero-order valence-corrected chi connectivity index (χ0v) is 8.59. The third kappa shape index (κ3) is 2.45. The Labute approximate surface area is 83.9 Å². The molecule has 1 rings (SSSR count). The normalized spacial score (nSPS) is 12.6. The fourth-order valence-corrected chi connectivity index (χ4v) is 1.39. The fraction of sp³-hybridized carbons (Fsp3) is 0.455. The predicted octanol–water partition coefficient (Wildman–Crippen LogP) is 2.63. The van der Waals surface area contributed by atoms with Crippen LogP contribution in [0.1, 0.15) is 31.4 Å². The molecule has 0 heterocycles. The molecule has 2 N–H and O–H groups in total. The predicted molar refractivity (Wildman–Crippen MR) is 54.8 cm³/mol. The summed E-state index contributed by atoms with van der Waals surface area (Å²) < 4.78 is 18.1. The summed E-state index contributed by atoms with van der Waals surface area (Å²) >= 11 is 0. The Hall–Kier alpha value is -1.09. The summed E-state index contributed by atoms with van der Waals surface area (Å²) in [5.74, 6) is -0.0889. The van der Waals surface area contributed by atoms with Gasteiger partial charge < -0.3 is 10.5 Å². The van der Waals surface area contributed by atoms with E-state index in [9.17, 15) is 4.39 Å². The Balaban J connectivity index is 2.85. The molecular weight excluding hydrogens is 181 g/mol. The van der Waals surface area contributed by atoms with E-state index < -0.39 is 0 Å². The summed E-state index contributed by atoms with van der Waals surface area (Å²) in [5.41, 5.74) is 6.68. The summed E-state index contributed by atoms with van der Waals surface area (Å²) in [4.78, 5) is 0. The van der Waals surface area contributed by atoms with Crippen LogP contribution in [0.25, 0.3) is 0 Å². The van der Waals surface area contributed by atoms with Crippen LogP contribution in [-0.4, -0.2) is 7.11 Å². The molecule has 0 spiro atoms. The smallest absolute Gasteiger partial charge is 0.165 e. The average Bonchev–Trinajstić information content (AvgIpc) is 2.18. The van der Waals surface area contributed by atoms with E-state index in [1.165, 1.54) is 13.2 Å². The van der Waals surface area contributed by atoms with E-state index in [0.717, 1.165) is 18.4 Å². The van der Waals surface area contributed by atoms with Crippen LogP contribution in [0, 0.1) is 5.82 Å². The quantitative estimate of drug-likeness (QED) is 0.805. The minimum atomic E-state index is -0.350. The van der Waals surface area contributed by atoms with Crippen molar-refractivity contribution in [2.45, 2.75) is 25.8 Å². The highest BCUT2D eigenvalue weighted by molar-refractivity contribution is 5.30. The van der Waals surface area contributed by atoms with Gasteiger partial charge in [0.05, 0.1) is 7.11 Å². The van der Waals surface area contributed by atoms with Crippen molar-refractivity contribution in [3.8, 4) is 5.75 Å². The molecule has 14 heavy (non-hydrogen) atoms. The van der Waals surface area contributed by atoms with E-state index in [2.05, 4.69) is 6.92 Å². The van der Waals surface area contributed by atoms with Crippen LogP contribution >= 0.6 is 0 Å². The van der Waals surface area contributed by atoms with E-state index in [1.54, 1.807) is 6.07 Å². The standard InChI is InChI=1S/C11H16FNO/c1-3-4-10(13)8-5-6-11(14-2)9(12)7-8/h5-7,10H,3-4,13H2,1-2H3/t10-/m1/s1. The number of benzene rings is 1. The lowest BCUT2D eigenvalue weighted by Crippen LogP contribution is -2.10. The van der Waals surface area contributed by atoms with Gasteiger partial charge in [-0.3, -0.25) is 0 Å². The SMILES string of the molecule is CCC[C@@H](N)c1ccc(OC)c(F)c1. The van der Waals surface area contributed by atoms with Crippen molar-refractivity contribution in [2.24, 2.45) is 5.73 Å². The number of ether oxygens (including phenoxy) is 1. The molecule has 0 aliphatic carbocycles. The molecule has 0 unspecified atom stereocenters. The molecule has 0 aromatic heterocycles. The van der Waals surface area contributed by atoms with Gasteiger partial charge in [0, 0.05) is 6.04 Å². The highest BCUT2D eigenvalue weighted by Crippen LogP contribution is 2.22. The number of hydrogen-bond donors (Lipinski definition) is 1. The number of methoxy groups -OCH3 is 1. The van der Waals surface area contributed by atoms with Crippen LogP contribution in [0.4, 0.5) is 4.39 Å². The molecule has 1 aromatic carbocycles. The van der Waals surface area contributed by atoms with Gasteiger partial charge in [-0.05, 0) is 24.1 Å². The van der Waals surface area contributed by atoms with Crippen molar-refractivity contribution in [3.05, 3.63) is 29.6 Å². The molecule has 2 nitrogen and oxygen atoms in total. The first-order valence-electron chi connectivity index (χ1n) is 4.78. The van der Waals surface area contributed by atoms with Crippen LogP contribution in [0.3, 0.4) is 0 Å². The minimum absolute atomic E-state index is 0.0830. The highest BCUT2D eigenvalue weighted by Gasteiger charge is 2.08. The third-order valence-electron chi connectivity index (χ3n) is 2.20. The van der Waals surface area contributed by atoms with Crippen molar-refractivity contribution in [3.63, 3.8) is 0 Å². The van der Waals surface area contributed by atoms with Gasteiger partial charge in [0.15, 0.2) is 11.6 Å². The maximum absolute atomic E-state index is 13.3. The summed E-state index contributed by atoms with van der Waals surface area (Å²) in [6.07, 6.45) is 1.86. The van der Waals surface area contributed by atoms with Gasteiger partial charge in [-0.2, -0.15) is 0 Å². The molecule has 1 atom stereocenters. The first kappa shape index (κ1) is 11.0. The molecule has 0 saturated carbocycles. The second kappa shape index (κ2) is 4.96. The third-order valence-corrected chi connectivity index (χ3v) is 2.20. The molecule has 0 fully saturated rings. The largest absolute Gasteiger partial charge is 0.494 e. The molecule has 0 saturated heterocycles. The Morgan fingerprint density at radius 2 is 2.21 bits per heavy atom. The first-order valence-corrected chi connectivity index (χ1v) is 4.78. The fourth-order valence-electron chi connectivity index (χ4n) is 1.39. The molecule has 78 valence electrons. The summed E-state index contributed by atoms with van der Waals surface area (Å²) in [6.45, 7) is 2.06. The maximum Gasteiger partial charge on any atom is 0.165 e. The lowest BCUT2D eigenvalue weighted by Gasteiger charge is -2.11. The monoisotopic (exact) mass is 197 g/mol. The van der Waals surface area contributed by atoms with Crippen molar-refractivity contribution in [2.75, 3.05) is 7.11 Å². The zero-order chi connectivity index (χ0) is 10.6. The van der Waals surface area contributed by atoms with Gasteiger partial charge in [0.2, 0.25) is 0 Å². The van der Waals surface area contributed by atoms with E-state index in [0.29, 0.717) is 0 Å². The zero-order valence-electron chi connectivity index (χ0n) is 8.59. The van der Waals surface area contributed by atoms with Crippen LogP contribution in [0.5, 0.6) is 5.75 Å². The highest BCUT2D eigenvalue weighted by atomic mass is 19.1. The molecule has 0 bridgehead atoms. The first-order chi connectivity index (χ1) is 6.69. The lowest BCUT2D eigenvalue weighted by molar-refractivity contribution is 0.385. The molecule has 0 radical (unpaired) electrons. The number of nitrogens with two attached hydrogens (primary N) is 1. The van der Waals surface area contributed by atoms with Crippen LogP contribution < -0.4 is 10.5 Å². The number of rotatable bonds is 4. The number of halogens is 1. The van der Waals surface area contributed by atoms with Gasteiger partial charge >= 0.3 is 0 Å². The van der Waals surface area contributed by atoms with E-state index in [1.807, 2.05) is 6.07 Å². The Bertz CT molecular complexity index is 301. The van der Waals surface area contributed by atoms with Crippen LogP contribution in [0.2, 0.25) is 0 Å². The van der Waals surface area contributed by atoms with E-state index in [-0.39, 0.29) is 17.6 Å². The minimum Gasteiger partial charge on any atom is -0.494 e. The van der Waals surface area contributed by atoms with Crippen molar-refractivity contribution in [1.82, 2.24) is 0 Å². The van der Waals surface area contributed by atoms with E-state index in [4.69, 9.17) is 10.5 Å². The van der Waals surface area contributed by atoms with E-state index >= 15 is 0 Å². The summed E-state index contributed by atoms with van der Waals surface area (Å²) in [5, 5.41) is 0. The van der Waals surface area contributed by atoms with Crippen molar-refractivity contribution >= 4 is 0 Å². The van der Waals surface area contributed by atoms with Crippen LogP contribution in [-0.2, 0) is 0 Å². The lowest BCUT2D eigenvalue weighted by atomic mass is 10.0. The van der Waals surface area contributed by atoms with Gasteiger partial charge in [0.1, 0.15) is 0 Å². The van der Waals surface area contributed by atoms with Crippen molar-refractivity contribution < 1.29 is 9.13 Å². The molecule has 0 aliphatic heterocycles. The number of hydrogen-bond acceptors (Lipinski definition) is 2. The Morgan fingerprint density at radius 1 is 1.50 bits per heavy atom. The molecule has 1 aromatic rings. The molecular formula is C11H16FNO. The Kier molecular flexibility index (Phi) is 3.89. The van der Waals surface area contributed by atoms with Crippen molar-refractivity contribution in [1.29, 1.82) is 0 Å². The van der Waals surface area contributed by atoms with Gasteiger partial charge in [-0.25, -0.2) is 4.39 Å². The van der Waals surface area contributed by atoms with Gasteiger partial charge in [-0.15, -0.1) is 0 Å². The summed E-state index contributed by atoms with van der Waals surface area (Å²) in [7, 11) is 1.45.